The summed E-state index contributed by atoms with van der Waals surface area (Å²) in [4.78, 5) is 46.1. The van der Waals surface area contributed by atoms with E-state index in [0.29, 0.717) is 19.3 Å². The molecule has 0 aliphatic heterocycles. The second-order valence-electron chi connectivity index (χ2n) is 15.7. The summed E-state index contributed by atoms with van der Waals surface area (Å²) < 4.78 is 32.6. The molecule has 352 valence electrons. The Hall–Kier alpha value is -2.86. The molecule has 0 saturated heterocycles. The number of esters is 2. The maximum absolute atomic E-state index is 12.7. The van der Waals surface area contributed by atoms with Crippen LogP contribution in [0.25, 0.3) is 0 Å². The molecule has 0 aromatic rings. The first kappa shape index (κ1) is 58.1. The van der Waals surface area contributed by atoms with Crippen molar-refractivity contribution in [3.05, 3.63) is 60.8 Å². The maximum atomic E-state index is 12.7. The molecule has 0 aliphatic carbocycles. The second kappa shape index (κ2) is 42.4. The molecule has 5 N–H and O–H groups in total. The Bertz CT molecular complexity index is 1280. The average molecular weight is 882 g/mol. The molecule has 0 amide bonds. The van der Waals surface area contributed by atoms with E-state index in [0.717, 1.165) is 44.9 Å². The van der Waals surface area contributed by atoms with Crippen molar-refractivity contribution in [3.8, 4) is 0 Å². The summed E-state index contributed by atoms with van der Waals surface area (Å²) in [5.74, 6) is -2.61. The van der Waals surface area contributed by atoms with Crippen LogP contribution < -0.4 is 5.73 Å². The van der Waals surface area contributed by atoms with E-state index < -0.39 is 63.8 Å². The molecule has 0 bridgehead atoms. The molecule has 0 heterocycles. The zero-order chi connectivity index (χ0) is 45.1. The molecule has 4 atom stereocenters. The summed E-state index contributed by atoms with van der Waals surface area (Å²) in [7, 11) is -4.77. The van der Waals surface area contributed by atoms with E-state index in [1.807, 2.05) is 12.2 Å². The van der Waals surface area contributed by atoms with Crippen LogP contribution in [0.15, 0.2) is 60.8 Å². The summed E-state index contributed by atoms with van der Waals surface area (Å²) in [5.41, 5.74) is 5.33. The number of phosphoric ester groups is 1. The average Bonchev–Trinajstić information content (AvgIpc) is 3.23. The third-order valence-electron chi connectivity index (χ3n) is 9.84. The van der Waals surface area contributed by atoms with Gasteiger partial charge in [-0.1, -0.05) is 164 Å². The number of unbranched alkanes of at least 4 members (excludes halogenated alkanes) is 18. The van der Waals surface area contributed by atoms with Crippen molar-refractivity contribution in [2.75, 3.05) is 19.8 Å². The first-order valence-electron chi connectivity index (χ1n) is 23.4. The molecule has 0 radical (unpaired) electrons. The Balaban J connectivity index is 4.49. The molecule has 0 aromatic carbocycles. The van der Waals surface area contributed by atoms with Crippen molar-refractivity contribution in [1.82, 2.24) is 0 Å². The highest BCUT2D eigenvalue weighted by Gasteiger charge is 2.28. The van der Waals surface area contributed by atoms with E-state index in [9.17, 15) is 28.9 Å². The van der Waals surface area contributed by atoms with Crippen LogP contribution in [0, 0.1) is 0 Å². The van der Waals surface area contributed by atoms with Gasteiger partial charge in [0, 0.05) is 12.8 Å². The fourth-order valence-electron chi connectivity index (χ4n) is 6.10. The quantitative estimate of drug-likeness (QED) is 0.0149. The van der Waals surface area contributed by atoms with Crippen LogP contribution in [-0.2, 0) is 37.5 Å². The van der Waals surface area contributed by atoms with Gasteiger partial charge >= 0.3 is 25.7 Å². The highest BCUT2D eigenvalue weighted by Crippen LogP contribution is 2.43. The molecule has 13 heteroatoms. The van der Waals surface area contributed by atoms with E-state index in [4.69, 9.17) is 24.8 Å². The predicted molar refractivity (Wildman–Crippen MR) is 246 cm³/mol. The Morgan fingerprint density at radius 2 is 1.07 bits per heavy atom. The molecule has 0 saturated carbocycles. The number of hydrogen-bond donors (Lipinski definition) is 4. The second-order valence-corrected chi connectivity index (χ2v) is 17.2. The molecule has 12 nitrogen and oxygen atoms in total. The number of carbonyl (C=O) groups is 3. The van der Waals surface area contributed by atoms with Crippen LogP contribution in [0.2, 0.25) is 0 Å². The zero-order valence-corrected chi connectivity index (χ0v) is 38.7. The van der Waals surface area contributed by atoms with E-state index in [1.54, 1.807) is 12.2 Å². The van der Waals surface area contributed by atoms with Crippen LogP contribution >= 0.6 is 7.82 Å². The number of aliphatic hydroxyl groups excluding tert-OH is 1. The lowest BCUT2D eigenvalue weighted by Crippen LogP contribution is -2.34. The number of carboxylic acid groups (broad SMARTS) is 1. The van der Waals surface area contributed by atoms with Gasteiger partial charge in [0.15, 0.2) is 6.10 Å². The minimum Gasteiger partial charge on any atom is -0.480 e. The number of carbonyl (C=O) groups excluding carboxylic acids is 2. The van der Waals surface area contributed by atoms with Crippen molar-refractivity contribution < 1.29 is 52.6 Å². The highest BCUT2D eigenvalue weighted by atomic mass is 31.2. The number of aliphatic carboxylic acids is 1. The van der Waals surface area contributed by atoms with Crippen LogP contribution in [0.1, 0.15) is 187 Å². The number of allylic oxidation sites excluding steroid dienone is 9. The lowest BCUT2D eigenvalue weighted by atomic mass is 10.1. The molecular formula is C48H84NO11P. The van der Waals surface area contributed by atoms with Crippen LogP contribution in [-0.4, -0.2) is 71.1 Å². The molecule has 0 fully saturated rings. The summed E-state index contributed by atoms with van der Waals surface area (Å²) >= 11 is 0. The van der Waals surface area contributed by atoms with E-state index >= 15 is 0 Å². The third-order valence-corrected chi connectivity index (χ3v) is 10.8. The summed E-state index contributed by atoms with van der Waals surface area (Å²) in [6.45, 7) is 2.58. The van der Waals surface area contributed by atoms with Crippen LogP contribution in [0.4, 0.5) is 0 Å². The minimum absolute atomic E-state index is 0.0654. The number of aliphatic hydroxyl groups is 1. The summed E-state index contributed by atoms with van der Waals surface area (Å²) in [5, 5.41) is 19.2. The number of ether oxygens (including phenoxy) is 2. The lowest BCUT2D eigenvalue weighted by molar-refractivity contribution is -0.161. The molecule has 61 heavy (non-hydrogen) atoms. The van der Waals surface area contributed by atoms with E-state index in [-0.39, 0.29) is 12.8 Å². The number of nitrogens with two attached hydrogens (primary N) is 1. The van der Waals surface area contributed by atoms with Gasteiger partial charge in [-0.15, -0.1) is 0 Å². The van der Waals surface area contributed by atoms with Gasteiger partial charge in [0.2, 0.25) is 0 Å². The predicted octanol–water partition coefficient (Wildman–Crippen LogP) is 11.7. The Morgan fingerprint density at radius 3 is 1.64 bits per heavy atom. The monoisotopic (exact) mass is 882 g/mol. The molecule has 0 aromatic heterocycles. The van der Waals surface area contributed by atoms with E-state index in [2.05, 4.69) is 54.8 Å². The first-order chi connectivity index (χ1) is 29.5. The molecule has 0 spiro atoms. The van der Waals surface area contributed by atoms with Gasteiger partial charge < -0.3 is 30.3 Å². The van der Waals surface area contributed by atoms with Crippen LogP contribution in [0.3, 0.4) is 0 Å². The van der Waals surface area contributed by atoms with Gasteiger partial charge in [0.1, 0.15) is 12.6 Å². The van der Waals surface area contributed by atoms with Gasteiger partial charge in [-0.25, -0.2) is 4.57 Å². The summed E-state index contributed by atoms with van der Waals surface area (Å²) in [6, 6.07) is -1.55. The Morgan fingerprint density at radius 1 is 0.590 bits per heavy atom. The number of carboxylic acids is 1. The highest BCUT2D eigenvalue weighted by molar-refractivity contribution is 7.47. The SMILES string of the molecule is CCCCC/C=C\C/C=C\CCCCCCCCCCCC(=O)OC[C@H](COP(=O)(O)OC[C@H](N)C(=O)O)OC(=O)CCCC(O)/C=C/C=C/C/C=C/CCCCCCCC. The van der Waals surface area contributed by atoms with Crippen molar-refractivity contribution in [1.29, 1.82) is 0 Å². The van der Waals surface area contributed by atoms with Crippen molar-refractivity contribution in [2.24, 2.45) is 5.73 Å². The largest absolute Gasteiger partial charge is 0.480 e. The molecule has 2 unspecified atom stereocenters. The molecule has 0 rings (SSSR count). The van der Waals surface area contributed by atoms with Gasteiger partial charge in [0.05, 0.1) is 19.3 Å². The Kier molecular flexibility index (Phi) is 40.5. The minimum atomic E-state index is -4.77. The van der Waals surface area contributed by atoms with Gasteiger partial charge in [-0.3, -0.25) is 23.4 Å². The number of rotatable bonds is 43. The maximum Gasteiger partial charge on any atom is 0.472 e. The van der Waals surface area contributed by atoms with Gasteiger partial charge in [-0.2, -0.15) is 0 Å². The third kappa shape index (κ3) is 42.2. The van der Waals surface area contributed by atoms with Gasteiger partial charge in [-0.05, 0) is 70.6 Å². The van der Waals surface area contributed by atoms with Crippen molar-refractivity contribution >= 4 is 25.7 Å². The van der Waals surface area contributed by atoms with Crippen molar-refractivity contribution in [3.63, 3.8) is 0 Å². The molecule has 0 aliphatic rings. The van der Waals surface area contributed by atoms with Crippen LogP contribution in [0.5, 0.6) is 0 Å². The summed E-state index contributed by atoms with van der Waals surface area (Å²) in [6.07, 6.45) is 46.0. The standard InChI is InChI=1S/C48H84NO11P/c1-3-5-7-9-11-13-15-17-18-19-20-21-22-24-26-28-30-32-34-38-46(51)57-40-44(41-58-61(55,56)59-42-45(49)48(53)54)60-47(52)39-35-37-43(50)36-33-31-29-27-25-23-16-14-12-10-8-6-4-2/h11,13,17-18,23,25,29,31,33,36,43-45,50H,3-10,12,14-16,19-22,24,26-28,30,32,34-35,37-42,49H2,1-2H3,(H,53,54)(H,55,56)/b13-11-,18-17-,25-23+,31-29+,36-33+/t43?,44-,45+/m1/s1. The smallest absolute Gasteiger partial charge is 0.472 e. The lowest BCUT2D eigenvalue weighted by Gasteiger charge is -2.20. The number of phosphoric acid groups is 1. The first-order valence-corrected chi connectivity index (χ1v) is 24.9. The zero-order valence-electron chi connectivity index (χ0n) is 37.9. The topological polar surface area (TPSA) is 192 Å². The fraction of sp³-hybridized carbons (Fsp3) is 0.729. The van der Waals surface area contributed by atoms with Gasteiger partial charge in [0.25, 0.3) is 0 Å². The van der Waals surface area contributed by atoms with Crippen molar-refractivity contribution in [2.45, 2.75) is 205 Å². The fourth-order valence-corrected chi connectivity index (χ4v) is 6.88. The Labute approximate surface area is 369 Å². The number of hydrogen-bond acceptors (Lipinski definition) is 10. The molecular weight excluding hydrogens is 797 g/mol. The normalized spacial score (nSPS) is 14.7. The van der Waals surface area contributed by atoms with E-state index in [1.165, 1.54) is 96.3 Å².